The van der Waals surface area contributed by atoms with Crippen molar-refractivity contribution in [3.63, 3.8) is 0 Å². The lowest BCUT2D eigenvalue weighted by molar-refractivity contribution is 0.00570. The maximum Gasteiger partial charge on any atom is 0.0701 e. The molecule has 0 aliphatic rings. The predicted molar refractivity (Wildman–Crippen MR) is 86.7 cm³/mol. The summed E-state index contributed by atoms with van der Waals surface area (Å²) in [6.07, 6.45) is 9.19. The molecular formula is C17H36O4. The van der Waals surface area contributed by atoms with Gasteiger partial charge in [0.25, 0.3) is 0 Å². The highest BCUT2D eigenvalue weighted by Crippen LogP contribution is 2.17. The monoisotopic (exact) mass is 304 g/mol. The molecule has 128 valence electrons. The van der Waals surface area contributed by atoms with Crippen molar-refractivity contribution in [2.45, 2.75) is 58.8 Å². The summed E-state index contributed by atoms with van der Waals surface area (Å²) in [5.41, 5.74) is 0. The number of aliphatic hydroxyl groups is 1. The van der Waals surface area contributed by atoms with Gasteiger partial charge < -0.3 is 19.3 Å². The van der Waals surface area contributed by atoms with Crippen LogP contribution in [0.1, 0.15) is 58.8 Å². The highest BCUT2D eigenvalue weighted by molar-refractivity contribution is 4.57. The normalized spacial score (nSPS) is 12.7. The third kappa shape index (κ3) is 16.0. The van der Waals surface area contributed by atoms with Gasteiger partial charge in [0.2, 0.25) is 0 Å². The van der Waals surface area contributed by atoms with Crippen LogP contribution in [-0.4, -0.2) is 51.4 Å². The first kappa shape index (κ1) is 20.8. The number of rotatable bonds is 17. The van der Waals surface area contributed by atoms with Gasteiger partial charge in [0, 0.05) is 6.61 Å². The lowest BCUT2D eigenvalue weighted by Gasteiger charge is -2.14. The summed E-state index contributed by atoms with van der Waals surface area (Å²) < 4.78 is 16.1. The molecule has 0 saturated carbocycles. The van der Waals surface area contributed by atoms with Gasteiger partial charge in [-0.05, 0) is 12.3 Å². The molecule has 0 aliphatic heterocycles. The molecule has 0 saturated heterocycles. The molecule has 0 heterocycles. The van der Waals surface area contributed by atoms with E-state index in [0.29, 0.717) is 33.0 Å². The van der Waals surface area contributed by atoms with Crippen LogP contribution in [0.25, 0.3) is 0 Å². The van der Waals surface area contributed by atoms with Gasteiger partial charge in [-0.2, -0.15) is 0 Å². The zero-order valence-electron chi connectivity index (χ0n) is 14.1. The van der Waals surface area contributed by atoms with E-state index >= 15 is 0 Å². The molecule has 0 aromatic carbocycles. The van der Waals surface area contributed by atoms with Crippen molar-refractivity contribution in [3.05, 3.63) is 0 Å². The Balaban J connectivity index is 3.23. The molecule has 4 heteroatoms. The second-order valence-electron chi connectivity index (χ2n) is 5.47. The van der Waals surface area contributed by atoms with Gasteiger partial charge in [-0.25, -0.2) is 0 Å². The van der Waals surface area contributed by atoms with Crippen molar-refractivity contribution in [3.8, 4) is 0 Å². The Morgan fingerprint density at radius 3 is 1.90 bits per heavy atom. The molecule has 0 amide bonds. The average molecular weight is 304 g/mol. The molecule has 0 fully saturated rings. The predicted octanol–water partition coefficient (Wildman–Crippen LogP) is 3.42. The number of unbranched alkanes of at least 4 members (excludes halogenated alkanes) is 3. The van der Waals surface area contributed by atoms with Crippen LogP contribution in [0.2, 0.25) is 0 Å². The van der Waals surface area contributed by atoms with Crippen molar-refractivity contribution in [2.24, 2.45) is 5.92 Å². The molecule has 1 N–H and O–H groups in total. The summed E-state index contributed by atoms with van der Waals surface area (Å²) in [6, 6.07) is 0. The fraction of sp³-hybridized carbons (Fsp3) is 1.00. The molecule has 0 aromatic heterocycles. The quantitative estimate of drug-likeness (QED) is 0.418. The SMILES string of the molecule is CCCCCCC(CC)CCOCCOCCOCCO. The first-order chi connectivity index (χ1) is 10.3. The zero-order valence-corrected chi connectivity index (χ0v) is 14.1. The maximum atomic E-state index is 8.53. The fourth-order valence-corrected chi connectivity index (χ4v) is 2.27. The van der Waals surface area contributed by atoms with Crippen molar-refractivity contribution in [2.75, 3.05) is 46.2 Å². The number of ether oxygens (including phenoxy) is 3. The van der Waals surface area contributed by atoms with Gasteiger partial charge in [0.1, 0.15) is 0 Å². The van der Waals surface area contributed by atoms with Crippen molar-refractivity contribution >= 4 is 0 Å². The average Bonchev–Trinajstić information content (AvgIpc) is 2.51. The van der Waals surface area contributed by atoms with Crippen LogP contribution in [-0.2, 0) is 14.2 Å². The lowest BCUT2D eigenvalue weighted by atomic mass is 9.95. The van der Waals surface area contributed by atoms with Gasteiger partial charge in [-0.15, -0.1) is 0 Å². The lowest BCUT2D eigenvalue weighted by Crippen LogP contribution is -2.12. The summed E-state index contributed by atoms with van der Waals surface area (Å²) in [5.74, 6) is 0.814. The van der Waals surface area contributed by atoms with Crippen molar-refractivity contribution < 1.29 is 19.3 Å². The summed E-state index contributed by atoms with van der Waals surface area (Å²) in [6.45, 7) is 8.22. The summed E-state index contributed by atoms with van der Waals surface area (Å²) in [4.78, 5) is 0. The van der Waals surface area contributed by atoms with E-state index in [2.05, 4.69) is 13.8 Å². The van der Waals surface area contributed by atoms with E-state index in [1.54, 1.807) is 0 Å². The minimum atomic E-state index is 0.0696. The van der Waals surface area contributed by atoms with E-state index in [-0.39, 0.29) is 6.61 Å². The van der Waals surface area contributed by atoms with Gasteiger partial charge in [-0.3, -0.25) is 0 Å². The number of aliphatic hydroxyl groups excluding tert-OH is 1. The van der Waals surface area contributed by atoms with Gasteiger partial charge in [0.05, 0.1) is 39.6 Å². The van der Waals surface area contributed by atoms with Crippen LogP contribution in [0, 0.1) is 5.92 Å². The smallest absolute Gasteiger partial charge is 0.0701 e. The van der Waals surface area contributed by atoms with Crippen LogP contribution >= 0.6 is 0 Å². The first-order valence-corrected chi connectivity index (χ1v) is 8.69. The molecule has 4 nitrogen and oxygen atoms in total. The van der Waals surface area contributed by atoms with Crippen LogP contribution in [0.4, 0.5) is 0 Å². The zero-order chi connectivity index (χ0) is 15.6. The highest BCUT2D eigenvalue weighted by atomic mass is 16.5. The maximum absolute atomic E-state index is 8.53. The third-order valence-electron chi connectivity index (χ3n) is 3.69. The Morgan fingerprint density at radius 2 is 1.33 bits per heavy atom. The molecule has 0 bridgehead atoms. The van der Waals surface area contributed by atoms with Crippen molar-refractivity contribution in [1.82, 2.24) is 0 Å². The molecule has 21 heavy (non-hydrogen) atoms. The molecule has 0 radical (unpaired) electrons. The molecule has 1 atom stereocenters. The minimum absolute atomic E-state index is 0.0696. The van der Waals surface area contributed by atoms with Gasteiger partial charge in [-0.1, -0.05) is 52.4 Å². The van der Waals surface area contributed by atoms with Crippen LogP contribution in [0.3, 0.4) is 0 Å². The van der Waals surface area contributed by atoms with E-state index in [9.17, 15) is 0 Å². The second-order valence-corrected chi connectivity index (χ2v) is 5.47. The molecular weight excluding hydrogens is 268 g/mol. The summed E-state index contributed by atoms with van der Waals surface area (Å²) in [7, 11) is 0. The Kier molecular flexibility index (Phi) is 17.8. The van der Waals surface area contributed by atoms with E-state index < -0.39 is 0 Å². The highest BCUT2D eigenvalue weighted by Gasteiger charge is 2.05. The standard InChI is InChI=1S/C17H36O4/c1-3-5-6-7-8-17(4-2)9-11-19-13-15-21-16-14-20-12-10-18/h17-18H,3-16H2,1-2H3. The van der Waals surface area contributed by atoms with Crippen LogP contribution in [0.5, 0.6) is 0 Å². The second kappa shape index (κ2) is 17.9. The molecule has 0 aromatic rings. The Labute approximate surface area is 131 Å². The van der Waals surface area contributed by atoms with E-state index in [1.165, 1.54) is 44.9 Å². The van der Waals surface area contributed by atoms with E-state index in [0.717, 1.165) is 12.5 Å². The molecule has 1 unspecified atom stereocenters. The summed E-state index contributed by atoms with van der Waals surface area (Å²) in [5, 5.41) is 8.53. The van der Waals surface area contributed by atoms with Crippen LogP contribution < -0.4 is 0 Å². The third-order valence-corrected chi connectivity index (χ3v) is 3.69. The number of hydrogen-bond acceptors (Lipinski definition) is 4. The van der Waals surface area contributed by atoms with Gasteiger partial charge in [0.15, 0.2) is 0 Å². The van der Waals surface area contributed by atoms with Crippen LogP contribution in [0.15, 0.2) is 0 Å². The first-order valence-electron chi connectivity index (χ1n) is 8.69. The van der Waals surface area contributed by atoms with E-state index in [1.807, 2.05) is 0 Å². The Morgan fingerprint density at radius 1 is 0.714 bits per heavy atom. The number of hydrogen-bond donors (Lipinski definition) is 1. The van der Waals surface area contributed by atoms with Gasteiger partial charge >= 0.3 is 0 Å². The molecule has 0 spiro atoms. The minimum Gasteiger partial charge on any atom is -0.394 e. The fourth-order valence-electron chi connectivity index (χ4n) is 2.27. The van der Waals surface area contributed by atoms with E-state index in [4.69, 9.17) is 19.3 Å². The topological polar surface area (TPSA) is 47.9 Å². The summed E-state index contributed by atoms with van der Waals surface area (Å²) >= 11 is 0. The van der Waals surface area contributed by atoms with Crippen molar-refractivity contribution in [1.29, 1.82) is 0 Å². The Bertz CT molecular complexity index is 188. The molecule has 0 aliphatic carbocycles. The largest absolute Gasteiger partial charge is 0.394 e. The molecule has 0 rings (SSSR count). The Hall–Kier alpha value is -0.160.